The molecule has 0 bridgehead atoms. The predicted octanol–water partition coefficient (Wildman–Crippen LogP) is 3.45. The van der Waals surface area contributed by atoms with Gasteiger partial charge < -0.3 is 14.4 Å². The van der Waals surface area contributed by atoms with Crippen molar-refractivity contribution in [1.82, 2.24) is 4.90 Å². The van der Waals surface area contributed by atoms with E-state index in [1.807, 2.05) is 19.1 Å². The van der Waals surface area contributed by atoms with Crippen LogP contribution in [0.3, 0.4) is 0 Å². The summed E-state index contributed by atoms with van der Waals surface area (Å²) in [5.41, 5.74) is 1.63. The second-order valence-electron chi connectivity index (χ2n) is 7.62. The summed E-state index contributed by atoms with van der Waals surface area (Å²) in [6, 6.07) is 12.4. The topological polar surface area (TPSA) is 59.1 Å². The molecule has 2 aromatic rings. The highest BCUT2D eigenvalue weighted by atomic mass is 32.2. The third-order valence-electron chi connectivity index (χ3n) is 5.49. The van der Waals surface area contributed by atoms with Crippen LogP contribution in [0.4, 0.5) is 5.69 Å². The van der Waals surface area contributed by atoms with E-state index in [0.717, 1.165) is 18.7 Å². The molecule has 156 valence electrons. The van der Waals surface area contributed by atoms with E-state index in [9.17, 15) is 8.42 Å². The summed E-state index contributed by atoms with van der Waals surface area (Å²) in [5.74, 6) is 1.25. The highest BCUT2D eigenvalue weighted by molar-refractivity contribution is 7.92. The SMILES string of the molecule is Cc1ccc(S(=O)(=O)N(CCN2CCCCC2)c2ccc3c(c2)OCCO3)cc1. The van der Waals surface area contributed by atoms with Crippen molar-refractivity contribution in [2.75, 3.05) is 43.7 Å². The van der Waals surface area contributed by atoms with Gasteiger partial charge in [-0.3, -0.25) is 4.31 Å². The van der Waals surface area contributed by atoms with Gasteiger partial charge in [-0.05, 0) is 57.1 Å². The lowest BCUT2D eigenvalue weighted by Gasteiger charge is -2.31. The number of benzene rings is 2. The molecule has 0 unspecified atom stereocenters. The third-order valence-corrected chi connectivity index (χ3v) is 7.33. The summed E-state index contributed by atoms with van der Waals surface area (Å²) in [5, 5.41) is 0. The number of hydrogen-bond donors (Lipinski definition) is 0. The first-order valence-corrected chi connectivity index (χ1v) is 11.7. The fourth-order valence-electron chi connectivity index (χ4n) is 3.83. The maximum absolute atomic E-state index is 13.5. The minimum Gasteiger partial charge on any atom is -0.486 e. The van der Waals surface area contributed by atoms with E-state index in [0.29, 0.717) is 48.4 Å². The van der Waals surface area contributed by atoms with Gasteiger partial charge in [-0.15, -0.1) is 0 Å². The second-order valence-corrected chi connectivity index (χ2v) is 9.48. The first kappa shape index (κ1) is 20.0. The quantitative estimate of drug-likeness (QED) is 0.722. The molecule has 0 atom stereocenters. The summed E-state index contributed by atoms with van der Waals surface area (Å²) in [6.45, 7) is 6.08. The Bertz CT molecular complexity index is 938. The normalized spacial score (nSPS) is 17.1. The van der Waals surface area contributed by atoms with Gasteiger partial charge in [0.2, 0.25) is 0 Å². The minimum absolute atomic E-state index is 0.302. The summed E-state index contributed by atoms with van der Waals surface area (Å²) in [6.07, 6.45) is 3.60. The van der Waals surface area contributed by atoms with Gasteiger partial charge >= 0.3 is 0 Å². The summed E-state index contributed by atoms with van der Waals surface area (Å²) >= 11 is 0. The maximum Gasteiger partial charge on any atom is 0.264 e. The largest absolute Gasteiger partial charge is 0.486 e. The van der Waals surface area contributed by atoms with Gasteiger partial charge in [0.25, 0.3) is 10.0 Å². The average Bonchev–Trinajstić information content (AvgIpc) is 2.75. The number of hydrogen-bond acceptors (Lipinski definition) is 5. The Kier molecular flexibility index (Phi) is 5.96. The third kappa shape index (κ3) is 4.51. The molecule has 0 aromatic heterocycles. The molecule has 0 N–H and O–H groups in total. The van der Waals surface area contributed by atoms with Crippen LogP contribution in [0.1, 0.15) is 24.8 Å². The second kappa shape index (κ2) is 8.63. The van der Waals surface area contributed by atoms with E-state index in [-0.39, 0.29) is 0 Å². The number of likely N-dealkylation sites (tertiary alicyclic amines) is 1. The molecule has 1 saturated heterocycles. The Morgan fingerprint density at radius 1 is 0.931 bits per heavy atom. The van der Waals surface area contributed by atoms with E-state index in [4.69, 9.17) is 9.47 Å². The van der Waals surface area contributed by atoms with E-state index in [1.165, 1.54) is 23.6 Å². The van der Waals surface area contributed by atoms with E-state index < -0.39 is 10.0 Å². The molecule has 0 amide bonds. The fraction of sp³-hybridized carbons (Fsp3) is 0.455. The number of anilines is 1. The molecule has 29 heavy (non-hydrogen) atoms. The summed E-state index contributed by atoms with van der Waals surface area (Å²) < 4.78 is 39.8. The van der Waals surface area contributed by atoms with Crippen molar-refractivity contribution < 1.29 is 17.9 Å². The highest BCUT2D eigenvalue weighted by Gasteiger charge is 2.27. The number of aryl methyl sites for hydroxylation is 1. The Hall–Kier alpha value is -2.25. The van der Waals surface area contributed by atoms with Crippen LogP contribution >= 0.6 is 0 Å². The van der Waals surface area contributed by atoms with Gasteiger partial charge in [-0.1, -0.05) is 24.1 Å². The van der Waals surface area contributed by atoms with Crippen LogP contribution in [0, 0.1) is 6.92 Å². The van der Waals surface area contributed by atoms with Gasteiger partial charge in [-0.25, -0.2) is 8.42 Å². The molecule has 0 aliphatic carbocycles. The Balaban J connectivity index is 1.65. The number of fused-ring (bicyclic) bond motifs is 1. The molecule has 2 heterocycles. The van der Waals surface area contributed by atoms with E-state index in [1.54, 1.807) is 30.3 Å². The summed E-state index contributed by atoms with van der Waals surface area (Å²) in [4.78, 5) is 2.65. The first-order chi connectivity index (χ1) is 14.0. The monoisotopic (exact) mass is 416 g/mol. The van der Waals surface area contributed by atoms with Crippen LogP contribution in [0.5, 0.6) is 11.5 Å². The lowest BCUT2D eigenvalue weighted by atomic mass is 10.1. The predicted molar refractivity (Wildman–Crippen MR) is 113 cm³/mol. The minimum atomic E-state index is -3.69. The van der Waals surface area contributed by atoms with Crippen LogP contribution in [-0.2, 0) is 10.0 Å². The summed E-state index contributed by atoms with van der Waals surface area (Å²) in [7, 11) is -3.69. The molecule has 2 aromatic carbocycles. The van der Waals surface area contributed by atoms with Crippen molar-refractivity contribution in [3.8, 4) is 11.5 Å². The molecule has 7 heteroatoms. The molecule has 0 radical (unpaired) electrons. The van der Waals surface area contributed by atoms with Crippen LogP contribution in [-0.4, -0.2) is 52.7 Å². The zero-order chi connectivity index (χ0) is 20.3. The van der Waals surface area contributed by atoms with Gasteiger partial charge in [0.15, 0.2) is 11.5 Å². The number of nitrogens with zero attached hydrogens (tertiary/aromatic N) is 2. The smallest absolute Gasteiger partial charge is 0.264 e. The van der Waals surface area contributed by atoms with Crippen molar-refractivity contribution in [3.63, 3.8) is 0 Å². The zero-order valence-corrected chi connectivity index (χ0v) is 17.7. The van der Waals surface area contributed by atoms with Crippen molar-refractivity contribution in [3.05, 3.63) is 48.0 Å². The number of ether oxygens (including phenoxy) is 2. The van der Waals surface area contributed by atoms with Crippen molar-refractivity contribution in [1.29, 1.82) is 0 Å². The Morgan fingerprint density at radius 3 is 2.34 bits per heavy atom. The molecule has 0 saturated carbocycles. The lowest BCUT2D eigenvalue weighted by molar-refractivity contribution is 0.171. The molecule has 1 fully saturated rings. The molecular formula is C22H28N2O4S. The lowest BCUT2D eigenvalue weighted by Crippen LogP contribution is -2.40. The number of sulfonamides is 1. The first-order valence-electron chi connectivity index (χ1n) is 10.3. The van der Waals surface area contributed by atoms with Gasteiger partial charge in [0.05, 0.1) is 10.6 Å². The van der Waals surface area contributed by atoms with Gasteiger partial charge in [-0.2, -0.15) is 0 Å². The van der Waals surface area contributed by atoms with Crippen molar-refractivity contribution >= 4 is 15.7 Å². The Morgan fingerprint density at radius 2 is 1.62 bits per heavy atom. The molecule has 0 spiro atoms. The van der Waals surface area contributed by atoms with Crippen molar-refractivity contribution in [2.24, 2.45) is 0 Å². The highest BCUT2D eigenvalue weighted by Crippen LogP contribution is 2.35. The maximum atomic E-state index is 13.5. The van der Waals surface area contributed by atoms with Crippen LogP contribution in [0.15, 0.2) is 47.4 Å². The number of rotatable bonds is 6. The van der Waals surface area contributed by atoms with Gasteiger partial charge in [0.1, 0.15) is 13.2 Å². The fourth-order valence-corrected chi connectivity index (χ4v) is 5.28. The standard InChI is InChI=1S/C22H28N2O4S/c1-18-5-8-20(9-6-18)29(25,26)24(14-13-23-11-3-2-4-12-23)19-7-10-21-22(17-19)28-16-15-27-21/h5-10,17H,2-4,11-16H2,1H3. The Labute approximate surface area is 173 Å². The van der Waals surface area contributed by atoms with Crippen LogP contribution in [0.25, 0.3) is 0 Å². The molecule has 2 aliphatic heterocycles. The van der Waals surface area contributed by atoms with Gasteiger partial charge in [0, 0.05) is 19.2 Å². The van der Waals surface area contributed by atoms with Crippen LogP contribution in [0.2, 0.25) is 0 Å². The number of piperidine rings is 1. The molecular weight excluding hydrogens is 388 g/mol. The van der Waals surface area contributed by atoms with Crippen molar-refractivity contribution in [2.45, 2.75) is 31.1 Å². The van der Waals surface area contributed by atoms with E-state index in [2.05, 4.69) is 4.90 Å². The molecule has 6 nitrogen and oxygen atoms in total. The average molecular weight is 417 g/mol. The van der Waals surface area contributed by atoms with E-state index >= 15 is 0 Å². The zero-order valence-electron chi connectivity index (χ0n) is 16.8. The molecule has 2 aliphatic rings. The molecule has 4 rings (SSSR count). The van der Waals surface area contributed by atoms with Crippen LogP contribution < -0.4 is 13.8 Å².